The number of hydrogen-bond donors (Lipinski definition) is 2. The van der Waals surface area contributed by atoms with E-state index in [0.29, 0.717) is 13.0 Å². The highest BCUT2D eigenvalue weighted by Crippen LogP contribution is 2.22. The van der Waals surface area contributed by atoms with Crippen molar-refractivity contribution in [2.24, 2.45) is 5.73 Å². The lowest BCUT2D eigenvalue weighted by Crippen LogP contribution is -2.29. The standard InChI is InChI=1S/C11H13F5N2/c1-5(2-3-17)18-4-6-7(12)9(14)11(16)10(15)8(6)13/h5,18H,2-4,17H2,1H3. The fourth-order valence-electron chi connectivity index (χ4n) is 1.43. The van der Waals surface area contributed by atoms with Gasteiger partial charge < -0.3 is 11.1 Å². The minimum atomic E-state index is -2.15. The Hall–Kier alpha value is -1.21. The normalized spacial score (nSPS) is 12.8. The summed E-state index contributed by atoms with van der Waals surface area (Å²) in [6, 6.07) is -0.190. The predicted molar refractivity (Wildman–Crippen MR) is 56.2 cm³/mol. The van der Waals surface area contributed by atoms with Gasteiger partial charge in [0, 0.05) is 18.2 Å². The van der Waals surface area contributed by atoms with Crippen molar-refractivity contribution in [3.8, 4) is 0 Å². The van der Waals surface area contributed by atoms with Crippen LogP contribution in [0.5, 0.6) is 0 Å². The largest absolute Gasteiger partial charge is 0.330 e. The van der Waals surface area contributed by atoms with Crippen LogP contribution in [0.15, 0.2) is 0 Å². The Balaban J connectivity index is 2.96. The van der Waals surface area contributed by atoms with Crippen LogP contribution < -0.4 is 11.1 Å². The van der Waals surface area contributed by atoms with Crippen molar-refractivity contribution in [2.45, 2.75) is 25.9 Å². The summed E-state index contributed by atoms with van der Waals surface area (Å²) in [6.07, 6.45) is 0.523. The smallest absolute Gasteiger partial charge is 0.200 e. The molecular formula is C11H13F5N2. The number of hydrogen-bond acceptors (Lipinski definition) is 2. The van der Waals surface area contributed by atoms with E-state index in [9.17, 15) is 22.0 Å². The third-order valence-corrected chi connectivity index (χ3v) is 2.53. The van der Waals surface area contributed by atoms with Crippen molar-refractivity contribution in [1.82, 2.24) is 5.32 Å². The fraction of sp³-hybridized carbons (Fsp3) is 0.455. The van der Waals surface area contributed by atoms with Gasteiger partial charge in [0.15, 0.2) is 23.3 Å². The quantitative estimate of drug-likeness (QED) is 0.488. The van der Waals surface area contributed by atoms with E-state index in [-0.39, 0.29) is 6.04 Å². The van der Waals surface area contributed by atoms with Crippen molar-refractivity contribution in [3.05, 3.63) is 34.6 Å². The van der Waals surface area contributed by atoms with Crippen molar-refractivity contribution in [1.29, 1.82) is 0 Å². The zero-order valence-corrected chi connectivity index (χ0v) is 9.67. The monoisotopic (exact) mass is 268 g/mol. The highest BCUT2D eigenvalue weighted by Gasteiger charge is 2.25. The van der Waals surface area contributed by atoms with Crippen LogP contribution in [-0.2, 0) is 6.54 Å². The fourth-order valence-corrected chi connectivity index (χ4v) is 1.43. The van der Waals surface area contributed by atoms with Gasteiger partial charge in [-0.1, -0.05) is 0 Å². The van der Waals surface area contributed by atoms with Crippen LogP contribution in [0.4, 0.5) is 22.0 Å². The zero-order valence-electron chi connectivity index (χ0n) is 9.67. The number of nitrogens with two attached hydrogens (primary N) is 1. The molecule has 102 valence electrons. The van der Waals surface area contributed by atoms with Gasteiger partial charge in [-0.25, -0.2) is 22.0 Å². The average Bonchev–Trinajstić information content (AvgIpc) is 2.34. The highest BCUT2D eigenvalue weighted by atomic mass is 19.2. The van der Waals surface area contributed by atoms with Gasteiger partial charge in [-0.15, -0.1) is 0 Å². The first kappa shape index (κ1) is 14.8. The Bertz CT molecular complexity index is 407. The molecule has 0 heterocycles. The highest BCUT2D eigenvalue weighted by molar-refractivity contribution is 5.24. The molecule has 0 saturated carbocycles. The molecule has 1 aromatic rings. The molecule has 0 bridgehead atoms. The van der Waals surface area contributed by atoms with Crippen LogP contribution in [0, 0.1) is 29.1 Å². The Morgan fingerprint density at radius 3 is 1.83 bits per heavy atom. The molecule has 1 atom stereocenters. The lowest BCUT2D eigenvalue weighted by Gasteiger charge is -2.14. The molecule has 1 rings (SSSR count). The van der Waals surface area contributed by atoms with Crippen LogP contribution in [0.1, 0.15) is 18.9 Å². The first-order chi connectivity index (χ1) is 8.40. The van der Waals surface area contributed by atoms with Gasteiger partial charge in [0.25, 0.3) is 0 Å². The molecule has 0 aliphatic rings. The number of benzene rings is 1. The van der Waals surface area contributed by atoms with E-state index >= 15 is 0 Å². The van der Waals surface area contributed by atoms with E-state index < -0.39 is 41.2 Å². The Labute approximate surface area is 101 Å². The average molecular weight is 268 g/mol. The molecule has 0 spiro atoms. The predicted octanol–water partition coefficient (Wildman–Crippen LogP) is 2.21. The molecular weight excluding hydrogens is 255 g/mol. The van der Waals surface area contributed by atoms with Crippen LogP contribution in [0.3, 0.4) is 0 Å². The maximum absolute atomic E-state index is 13.3. The van der Waals surface area contributed by atoms with E-state index in [1.54, 1.807) is 6.92 Å². The summed E-state index contributed by atoms with van der Waals surface area (Å²) in [4.78, 5) is 0. The first-order valence-electron chi connectivity index (χ1n) is 5.33. The van der Waals surface area contributed by atoms with Crippen LogP contribution >= 0.6 is 0 Å². The second kappa shape index (κ2) is 6.10. The molecule has 0 aromatic heterocycles. The Morgan fingerprint density at radius 2 is 1.39 bits per heavy atom. The van der Waals surface area contributed by atoms with E-state index in [1.165, 1.54) is 0 Å². The third-order valence-electron chi connectivity index (χ3n) is 2.53. The lowest BCUT2D eigenvalue weighted by atomic mass is 10.1. The molecule has 3 N–H and O–H groups in total. The van der Waals surface area contributed by atoms with E-state index in [4.69, 9.17) is 5.73 Å². The van der Waals surface area contributed by atoms with Gasteiger partial charge in [-0.3, -0.25) is 0 Å². The zero-order chi connectivity index (χ0) is 13.9. The topological polar surface area (TPSA) is 38.0 Å². The summed E-state index contributed by atoms with van der Waals surface area (Å²) in [5.74, 6) is -9.63. The molecule has 0 radical (unpaired) electrons. The minimum absolute atomic E-state index is 0.190. The van der Waals surface area contributed by atoms with Gasteiger partial charge >= 0.3 is 0 Å². The summed E-state index contributed by atoms with van der Waals surface area (Å²) < 4.78 is 65.0. The molecule has 7 heteroatoms. The number of rotatable bonds is 5. The lowest BCUT2D eigenvalue weighted by molar-refractivity contribution is 0.364. The third kappa shape index (κ3) is 2.97. The van der Waals surface area contributed by atoms with Crippen LogP contribution in [0.25, 0.3) is 0 Å². The summed E-state index contributed by atoms with van der Waals surface area (Å²) >= 11 is 0. The van der Waals surface area contributed by atoms with E-state index in [1.807, 2.05) is 0 Å². The van der Waals surface area contributed by atoms with Crippen LogP contribution in [0.2, 0.25) is 0 Å². The maximum Gasteiger partial charge on any atom is 0.200 e. The van der Waals surface area contributed by atoms with Crippen molar-refractivity contribution < 1.29 is 22.0 Å². The van der Waals surface area contributed by atoms with E-state index in [0.717, 1.165) is 0 Å². The molecule has 1 unspecified atom stereocenters. The van der Waals surface area contributed by atoms with Gasteiger partial charge in [0.05, 0.1) is 0 Å². The van der Waals surface area contributed by atoms with Gasteiger partial charge in [0.2, 0.25) is 5.82 Å². The maximum atomic E-state index is 13.3. The molecule has 0 fully saturated rings. The molecule has 0 amide bonds. The number of nitrogens with one attached hydrogen (secondary N) is 1. The Morgan fingerprint density at radius 1 is 0.944 bits per heavy atom. The first-order valence-corrected chi connectivity index (χ1v) is 5.33. The number of halogens is 5. The van der Waals surface area contributed by atoms with Crippen molar-refractivity contribution in [2.75, 3.05) is 6.54 Å². The van der Waals surface area contributed by atoms with Crippen LogP contribution in [-0.4, -0.2) is 12.6 Å². The summed E-state index contributed by atoms with van der Waals surface area (Å²) in [5.41, 5.74) is 4.40. The second-order valence-electron chi connectivity index (χ2n) is 3.91. The SMILES string of the molecule is CC(CCN)NCc1c(F)c(F)c(F)c(F)c1F. The van der Waals surface area contributed by atoms with Gasteiger partial charge in [-0.2, -0.15) is 0 Å². The summed E-state index contributed by atoms with van der Waals surface area (Å²) in [6.45, 7) is 1.59. The molecule has 1 aromatic carbocycles. The molecule has 0 aliphatic heterocycles. The van der Waals surface area contributed by atoms with Crippen molar-refractivity contribution in [3.63, 3.8) is 0 Å². The summed E-state index contributed by atoms with van der Waals surface area (Å²) in [5, 5.41) is 2.64. The van der Waals surface area contributed by atoms with Gasteiger partial charge in [0.1, 0.15) is 0 Å². The minimum Gasteiger partial charge on any atom is -0.330 e. The second-order valence-corrected chi connectivity index (χ2v) is 3.91. The molecule has 2 nitrogen and oxygen atoms in total. The van der Waals surface area contributed by atoms with Crippen molar-refractivity contribution >= 4 is 0 Å². The van der Waals surface area contributed by atoms with E-state index in [2.05, 4.69) is 5.32 Å². The van der Waals surface area contributed by atoms with Gasteiger partial charge in [-0.05, 0) is 19.9 Å². The summed E-state index contributed by atoms with van der Waals surface area (Å²) in [7, 11) is 0. The molecule has 0 saturated heterocycles. The molecule has 18 heavy (non-hydrogen) atoms. The Kier molecular flexibility index (Phi) is 5.03. The molecule has 0 aliphatic carbocycles.